The van der Waals surface area contributed by atoms with Crippen molar-refractivity contribution in [2.45, 2.75) is 51.7 Å². The number of likely N-dealkylation sites (N-methyl/N-ethyl adjacent to an activating group) is 1. The maximum atomic E-state index is 5.68. The monoisotopic (exact) mass is 258 g/mol. The van der Waals surface area contributed by atoms with Gasteiger partial charge in [0.25, 0.3) is 0 Å². The topological polar surface area (TPSA) is 33.7 Å². The summed E-state index contributed by atoms with van der Waals surface area (Å²) in [6.45, 7) is 11.3. The third kappa shape index (κ3) is 4.50. The Morgan fingerprint density at radius 1 is 1.44 bits per heavy atom. The van der Waals surface area contributed by atoms with E-state index < -0.39 is 0 Å². The van der Waals surface area contributed by atoms with Crippen molar-refractivity contribution in [2.24, 2.45) is 0 Å². The maximum absolute atomic E-state index is 5.68. The molecule has 1 heterocycles. The van der Waals surface area contributed by atoms with Crippen LogP contribution in [0.15, 0.2) is 0 Å². The Labute approximate surface area is 112 Å². The molecule has 0 aromatic heterocycles. The first-order valence-electron chi connectivity index (χ1n) is 7.30. The number of hydrogen-bond acceptors (Lipinski definition) is 4. The number of methoxy groups -OCH3 is 1. The van der Waals surface area contributed by atoms with Gasteiger partial charge in [-0.2, -0.15) is 0 Å². The zero-order valence-corrected chi connectivity index (χ0v) is 12.4. The second kappa shape index (κ2) is 8.86. The van der Waals surface area contributed by atoms with E-state index in [4.69, 9.17) is 9.47 Å². The van der Waals surface area contributed by atoms with Crippen LogP contribution < -0.4 is 5.32 Å². The Balaban J connectivity index is 2.60. The number of rotatable bonds is 8. The van der Waals surface area contributed by atoms with Gasteiger partial charge in [-0.1, -0.05) is 13.8 Å². The van der Waals surface area contributed by atoms with E-state index in [-0.39, 0.29) is 0 Å². The number of nitrogens with one attached hydrogen (secondary N) is 1. The molecule has 3 unspecified atom stereocenters. The van der Waals surface area contributed by atoms with Gasteiger partial charge in [0.1, 0.15) is 0 Å². The summed E-state index contributed by atoms with van der Waals surface area (Å²) in [6, 6.07) is 1.47. The summed E-state index contributed by atoms with van der Waals surface area (Å²) in [4.78, 5) is 2.51. The zero-order valence-electron chi connectivity index (χ0n) is 12.4. The molecule has 4 nitrogen and oxygen atoms in total. The molecule has 1 saturated heterocycles. The van der Waals surface area contributed by atoms with Gasteiger partial charge in [0.15, 0.2) is 0 Å². The van der Waals surface area contributed by atoms with Gasteiger partial charge in [0.2, 0.25) is 0 Å². The van der Waals surface area contributed by atoms with E-state index in [0.29, 0.717) is 18.1 Å². The number of hydrogen-bond donors (Lipinski definition) is 1. The van der Waals surface area contributed by atoms with E-state index in [1.807, 2.05) is 0 Å². The van der Waals surface area contributed by atoms with Crippen LogP contribution in [0.2, 0.25) is 0 Å². The van der Waals surface area contributed by atoms with Crippen molar-refractivity contribution in [2.75, 3.05) is 40.0 Å². The highest BCUT2D eigenvalue weighted by atomic mass is 16.5. The summed E-state index contributed by atoms with van der Waals surface area (Å²) in [5, 5.41) is 3.67. The first-order chi connectivity index (χ1) is 8.74. The van der Waals surface area contributed by atoms with Crippen molar-refractivity contribution >= 4 is 0 Å². The van der Waals surface area contributed by atoms with Crippen molar-refractivity contribution < 1.29 is 9.47 Å². The van der Waals surface area contributed by atoms with Gasteiger partial charge in [0.05, 0.1) is 13.2 Å². The molecule has 0 aromatic carbocycles. The lowest BCUT2D eigenvalue weighted by atomic mass is 10.00. The minimum Gasteiger partial charge on any atom is -0.383 e. The molecule has 0 saturated carbocycles. The van der Waals surface area contributed by atoms with Gasteiger partial charge in [-0.15, -0.1) is 0 Å². The summed E-state index contributed by atoms with van der Waals surface area (Å²) in [5.74, 6) is 0. The van der Waals surface area contributed by atoms with Crippen LogP contribution in [0.1, 0.15) is 33.6 Å². The molecule has 0 aromatic rings. The fourth-order valence-corrected chi connectivity index (χ4v) is 2.83. The van der Waals surface area contributed by atoms with Crippen LogP contribution >= 0.6 is 0 Å². The molecule has 1 aliphatic rings. The zero-order chi connectivity index (χ0) is 13.4. The Kier molecular flexibility index (Phi) is 7.82. The number of nitrogens with zero attached hydrogens (tertiary/aromatic N) is 1. The molecule has 18 heavy (non-hydrogen) atoms. The molecule has 108 valence electrons. The molecule has 1 rings (SSSR count). The van der Waals surface area contributed by atoms with Crippen molar-refractivity contribution in [1.82, 2.24) is 10.2 Å². The minimum atomic E-state index is 0.442. The third-order valence-corrected chi connectivity index (χ3v) is 3.75. The summed E-state index contributed by atoms with van der Waals surface area (Å²) in [5.41, 5.74) is 0. The second-order valence-electron chi connectivity index (χ2n) is 5.13. The summed E-state index contributed by atoms with van der Waals surface area (Å²) in [6.07, 6.45) is 2.30. The highest BCUT2D eigenvalue weighted by molar-refractivity contribution is 4.89. The van der Waals surface area contributed by atoms with Crippen molar-refractivity contribution in [3.8, 4) is 0 Å². The second-order valence-corrected chi connectivity index (χ2v) is 5.13. The van der Waals surface area contributed by atoms with Gasteiger partial charge in [-0.3, -0.25) is 4.90 Å². The molecule has 0 amide bonds. The smallest absolute Gasteiger partial charge is 0.0637 e. The van der Waals surface area contributed by atoms with E-state index in [9.17, 15) is 0 Å². The Bertz CT molecular complexity index is 214. The van der Waals surface area contributed by atoms with E-state index in [0.717, 1.165) is 39.3 Å². The summed E-state index contributed by atoms with van der Waals surface area (Å²) < 4.78 is 11.0. The molecule has 1 aliphatic heterocycles. The molecular formula is C14H30N2O2. The highest BCUT2D eigenvalue weighted by Gasteiger charge is 2.31. The van der Waals surface area contributed by atoms with Gasteiger partial charge in [0, 0.05) is 31.8 Å². The fraction of sp³-hybridized carbons (Fsp3) is 1.00. The molecule has 0 bridgehead atoms. The van der Waals surface area contributed by atoms with Crippen LogP contribution in [0.3, 0.4) is 0 Å². The molecule has 0 radical (unpaired) electrons. The molecular weight excluding hydrogens is 228 g/mol. The van der Waals surface area contributed by atoms with Gasteiger partial charge in [-0.25, -0.2) is 0 Å². The van der Waals surface area contributed by atoms with Gasteiger partial charge < -0.3 is 14.8 Å². The Morgan fingerprint density at radius 2 is 2.22 bits per heavy atom. The largest absolute Gasteiger partial charge is 0.383 e. The minimum absolute atomic E-state index is 0.442. The van der Waals surface area contributed by atoms with E-state index >= 15 is 0 Å². The lowest BCUT2D eigenvalue weighted by molar-refractivity contribution is -0.0272. The summed E-state index contributed by atoms with van der Waals surface area (Å²) in [7, 11) is 1.77. The van der Waals surface area contributed by atoms with Gasteiger partial charge >= 0.3 is 0 Å². The average molecular weight is 258 g/mol. The van der Waals surface area contributed by atoms with Crippen LogP contribution in [-0.2, 0) is 9.47 Å². The highest BCUT2D eigenvalue weighted by Crippen LogP contribution is 2.17. The molecule has 4 heteroatoms. The molecule has 3 atom stereocenters. The predicted molar refractivity (Wildman–Crippen MR) is 75.0 cm³/mol. The predicted octanol–water partition coefficient (Wildman–Crippen LogP) is 1.50. The molecule has 1 fully saturated rings. The molecule has 1 N–H and O–H groups in total. The van der Waals surface area contributed by atoms with Crippen LogP contribution in [0.5, 0.6) is 0 Å². The summed E-state index contributed by atoms with van der Waals surface area (Å²) >= 11 is 0. The van der Waals surface area contributed by atoms with Gasteiger partial charge in [-0.05, 0) is 32.9 Å². The van der Waals surface area contributed by atoms with Crippen molar-refractivity contribution in [3.63, 3.8) is 0 Å². The van der Waals surface area contributed by atoms with Crippen molar-refractivity contribution in [3.05, 3.63) is 0 Å². The van der Waals surface area contributed by atoms with E-state index in [2.05, 4.69) is 31.0 Å². The molecule has 0 aliphatic carbocycles. The van der Waals surface area contributed by atoms with E-state index in [1.54, 1.807) is 7.11 Å². The average Bonchev–Trinajstić information content (AvgIpc) is 2.39. The lowest BCUT2D eigenvalue weighted by Gasteiger charge is -2.42. The normalized spacial score (nSPS) is 26.5. The number of ether oxygens (including phenoxy) is 2. The van der Waals surface area contributed by atoms with E-state index in [1.165, 1.54) is 6.42 Å². The quantitative estimate of drug-likeness (QED) is 0.715. The van der Waals surface area contributed by atoms with Crippen molar-refractivity contribution in [1.29, 1.82) is 0 Å². The Morgan fingerprint density at radius 3 is 2.83 bits per heavy atom. The first kappa shape index (κ1) is 15.9. The standard InChI is InChI=1S/C14H30N2O2/c1-5-8-15-13-7-9-18-11-14(13)16(6-2)12(3)10-17-4/h12-15H,5-11H2,1-4H3. The fourth-order valence-electron chi connectivity index (χ4n) is 2.83. The maximum Gasteiger partial charge on any atom is 0.0637 e. The SMILES string of the molecule is CCCNC1CCOCC1N(CC)C(C)COC. The third-order valence-electron chi connectivity index (χ3n) is 3.75. The van der Waals surface area contributed by atoms with Crippen LogP contribution in [0.25, 0.3) is 0 Å². The first-order valence-corrected chi connectivity index (χ1v) is 7.30. The Hall–Kier alpha value is -0.160. The lowest BCUT2D eigenvalue weighted by Crippen LogP contribution is -2.58. The van der Waals surface area contributed by atoms with Crippen LogP contribution in [0.4, 0.5) is 0 Å². The molecule has 0 spiro atoms. The van der Waals surface area contributed by atoms with Crippen LogP contribution in [-0.4, -0.2) is 63.0 Å². The van der Waals surface area contributed by atoms with Crippen LogP contribution in [0, 0.1) is 0 Å².